The Bertz CT molecular complexity index is 687. The Morgan fingerprint density at radius 1 is 1.20 bits per heavy atom. The summed E-state index contributed by atoms with van der Waals surface area (Å²) < 4.78 is 0. The molecule has 1 saturated carbocycles. The number of nitrogens with one attached hydrogen (secondary N) is 1. The molecule has 1 fully saturated rings. The molecule has 1 aliphatic carbocycles. The van der Waals surface area contributed by atoms with Crippen molar-refractivity contribution < 1.29 is 0 Å². The summed E-state index contributed by atoms with van der Waals surface area (Å²) in [4.78, 5) is 12.7. The fourth-order valence-corrected chi connectivity index (χ4v) is 5.32. The van der Waals surface area contributed by atoms with Gasteiger partial charge in [0, 0.05) is 12.1 Å². The highest BCUT2D eigenvalue weighted by Gasteiger charge is 2.34. The maximum atomic E-state index is 4.93. The Kier molecular flexibility index (Phi) is 5.50. The summed E-state index contributed by atoms with van der Waals surface area (Å²) in [5, 5.41) is 0. The Hall–Kier alpha value is -1.38. The van der Waals surface area contributed by atoms with Gasteiger partial charge in [0.1, 0.15) is 5.52 Å². The number of fused-ring (bicyclic) bond motifs is 1. The Balaban J connectivity index is 1.84. The lowest BCUT2D eigenvalue weighted by atomic mass is 9.65. The third-order valence-electron chi connectivity index (χ3n) is 6.09. The van der Waals surface area contributed by atoms with Crippen molar-refractivity contribution in [2.45, 2.75) is 91.4 Å². The minimum absolute atomic E-state index is 0.348. The first kappa shape index (κ1) is 18.4. The molecule has 2 atom stereocenters. The number of hydrogen-bond acceptors (Lipinski definition) is 2. The van der Waals surface area contributed by atoms with Gasteiger partial charge in [-0.2, -0.15) is 0 Å². The lowest BCUT2D eigenvalue weighted by Gasteiger charge is -2.40. The third-order valence-corrected chi connectivity index (χ3v) is 6.09. The van der Waals surface area contributed by atoms with Crippen molar-refractivity contribution in [2.24, 2.45) is 10.8 Å². The van der Waals surface area contributed by atoms with Crippen LogP contribution in [0.1, 0.15) is 97.1 Å². The van der Waals surface area contributed by atoms with E-state index in [2.05, 4.69) is 37.7 Å². The van der Waals surface area contributed by atoms with Gasteiger partial charge in [-0.3, -0.25) is 0 Å². The van der Waals surface area contributed by atoms with Crippen LogP contribution in [0.15, 0.2) is 18.5 Å². The van der Waals surface area contributed by atoms with E-state index >= 15 is 0 Å². The van der Waals surface area contributed by atoms with Gasteiger partial charge >= 0.3 is 0 Å². The van der Waals surface area contributed by atoms with Gasteiger partial charge in [0.25, 0.3) is 0 Å². The summed E-state index contributed by atoms with van der Waals surface area (Å²) >= 11 is 0. The summed E-state index contributed by atoms with van der Waals surface area (Å²) in [7, 11) is 0. The van der Waals surface area contributed by atoms with E-state index < -0.39 is 0 Å². The van der Waals surface area contributed by atoms with Crippen LogP contribution in [0.25, 0.3) is 11.2 Å². The molecule has 2 heterocycles. The lowest BCUT2D eigenvalue weighted by Crippen LogP contribution is -2.28. The Labute approximate surface area is 153 Å². The van der Waals surface area contributed by atoms with Crippen molar-refractivity contribution in [1.82, 2.24) is 15.0 Å². The molecule has 3 nitrogen and oxygen atoms in total. The molecule has 1 aliphatic rings. The molecule has 2 unspecified atom stereocenters. The predicted molar refractivity (Wildman–Crippen MR) is 106 cm³/mol. The van der Waals surface area contributed by atoms with Crippen molar-refractivity contribution in [3.63, 3.8) is 0 Å². The van der Waals surface area contributed by atoms with E-state index in [-0.39, 0.29) is 0 Å². The van der Waals surface area contributed by atoms with E-state index in [4.69, 9.17) is 4.98 Å². The van der Waals surface area contributed by atoms with Crippen LogP contribution < -0.4 is 0 Å². The maximum Gasteiger partial charge on any atom is 0.156 e. The fourth-order valence-electron chi connectivity index (χ4n) is 5.32. The van der Waals surface area contributed by atoms with Crippen molar-refractivity contribution in [3.05, 3.63) is 24.2 Å². The molecule has 0 aromatic carbocycles. The molecule has 2 aromatic rings. The highest BCUT2D eigenvalue weighted by molar-refractivity contribution is 5.69. The number of nitrogens with zero attached hydrogens (tertiary/aromatic N) is 2. The van der Waals surface area contributed by atoms with E-state index in [0.717, 1.165) is 11.2 Å². The molecule has 0 aliphatic heterocycles. The van der Waals surface area contributed by atoms with E-state index in [1.807, 2.05) is 18.5 Å². The van der Waals surface area contributed by atoms with Gasteiger partial charge < -0.3 is 4.98 Å². The lowest BCUT2D eigenvalue weighted by molar-refractivity contribution is 0.124. The van der Waals surface area contributed by atoms with E-state index in [1.165, 1.54) is 63.5 Å². The van der Waals surface area contributed by atoms with Crippen molar-refractivity contribution >= 4 is 11.2 Å². The smallest absolute Gasteiger partial charge is 0.156 e. The second-order valence-electron chi connectivity index (χ2n) is 9.41. The molecule has 0 amide bonds. The third kappa shape index (κ3) is 4.62. The number of H-pyrrole nitrogens is 1. The largest absolute Gasteiger partial charge is 0.345 e. The highest BCUT2D eigenvalue weighted by atomic mass is 14.9. The first-order valence-electron chi connectivity index (χ1n) is 10.2. The van der Waals surface area contributed by atoms with Gasteiger partial charge in [-0.05, 0) is 49.0 Å². The number of rotatable bonds is 3. The van der Waals surface area contributed by atoms with E-state index in [9.17, 15) is 0 Å². The minimum atomic E-state index is 0.348. The van der Waals surface area contributed by atoms with Crippen molar-refractivity contribution in [2.75, 3.05) is 0 Å². The summed E-state index contributed by atoms with van der Waals surface area (Å²) in [6.07, 6.45) is 15.8. The molecule has 25 heavy (non-hydrogen) atoms. The maximum absolute atomic E-state index is 4.93. The van der Waals surface area contributed by atoms with E-state index in [0.29, 0.717) is 16.7 Å². The van der Waals surface area contributed by atoms with Gasteiger partial charge in [-0.15, -0.1) is 0 Å². The molecule has 1 N–H and O–H groups in total. The zero-order valence-electron chi connectivity index (χ0n) is 16.6. The van der Waals surface area contributed by atoms with Crippen LogP contribution in [-0.2, 0) is 0 Å². The van der Waals surface area contributed by atoms with Crippen molar-refractivity contribution in [1.29, 1.82) is 0 Å². The van der Waals surface area contributed by atoms with Gasteiger partial charge in [-0.1, -0.05) is 53.4 Å². The van der Waals surface area contributed by atoms with E-state index in [1.54, 1.807) is 0 Å². The molecule has 0 bridgehead atoms. The number of hydrogen-bond donors (Lipinski definition) is 1. The molecule has 0 radical (unpaired) electrons. The standard InChI is InChI=1S/C22H35N3/c1-5-11-22(4)12-8-6-7-9-17(14-21(2,3)16-22)19-15-24-20-18(25-19)10-13-23-20/h10,13,15,17H,5-9,11-12,14,16H2,1-4H3,(H,23,24). The van der Waals surface area contributed by atoms with Crippen LogP contribution in [0.4, 0.5) is 0 Å². The van der Waals surface area contributed by atoms with Gasteiger partial charge in [0.15, 0.2) is 5.65 Å². The Morgan fingerprint density at radius 2 is 2.04 bits per heavy atom. The Morgan fingerprint density at radius 3 is 2.84 bits per heavy atom. The van der Waals surface area contributed by atoms with Crippen LogP contribution in [0, 0.1) is 10.8 Å². The zero-order chi connectivity index (χ0) is 17.9. The predicted octanol–water partition coefficient (Wildman–Crippen LogP) is 6.62. The second-order valence-corrected chi connectivity index (χ2v) is 9.41. The number of aromatic nitrogens is 3. The average molecular weight is 342 g/mol. The molecular weight excluding hydrogens is 306 g/mol. The van der Waals surface area contributed by atoms with Crippen LogP contribution in [0.2, 0.25) is 0 Å². The number of aromatic amines is 1. The first-order valence-corrected chi connectivity index (χ1v) is 10.2. The van der Waals surface area contributed by atoms with Gasteiger partial charge in [0.05, 0.1) is 11.9 Å². The topological polar surface area (TPSA) is 41.6 Å². The molecule has 0 spiro atoms. The van der Waals surface area contributed by atoms with Crippen LogP contribution in [0.3, 0.4) is 0 Å². The van der Waals surface area contributed by atoms with Gasteiger partial charge in [0.2, 0.25) is 0 Å². The second kappa shape index (κ2) is 7.47. The minimum Gasteiger partial charge on any atom is -0.345 e. The summed E-state index contributed by atoms with van der Waals surface area (Å²) in [6.45, 7) is 9.80. The highest BCUT2D eigenvalue weighted by Crippen LogP contribution is 2.47. The molecule has 3 heteroatoms. The molecule has 138 valence electrons. The molecule has 0 saturated heterocycles. The molecule has 3 rings (SSSR count). The molecule has 2 aromatic heterocycles. The average Bonchev–Trinajstić information content (AvgIpc) is 3.00. The normalized spacial score (nSPS) is 28.1. The van der Waals surface area contributed by atoms with Gasteiger partial charge in [-0.25, -0.2) is 9.97 Å². The van der Waals surface area contributed by atoms with Crippen LogP contribution in [-0.4, -0.2) is 15.0 Å². The summed E-state index contributed by atoms with van der Waals surface area (Å²) in [6, 6.07) is 2.04. The molecular formula is C22H35N3. The monoisotopic (exact) mass is 341 g/mol. The SMILES string of the molecule is CCCC1(C)CCCCCC(c2cnc3[nH]ccc3n2)CC(C)(C)C1. The summed E-state index contributed by atoms with van der Waals surface area (Å²) in [5.41, 5.74) is 3.94. The zero-order valence-corrected chi connectivity index (χ0v) is 16.6. The fraction of sp³-hybridized carbons (Fsp3) is 0.727. The van der Waals surface area contributed by atoms with Crippen LogP contribution in [0.5, 0.6) is 0 Å². The summed E-state index contributed by atoms with van der Waals surface area (Å²) in [5.74, 6) is 0.533. The first-order chi connectivity index (χ1) is 11.9. The van der Waals surface area contributed by atoms with Crippen LogP contribution >= 0.6 is 0 Å². The quantitative estimate of drug-likeness (QED) is 0.681. The van der Waals surface area contributed by atoms with Crippen molar-refractivity contribution in [3.8, 4) is 0 Å².